The van der Waals surface area contributed by atoms with E-state index in [0.29, 0.717) is 18.6 Å². The van der Waals surface area contributed by atoms with Gasteiger partial charge in [0.25, 0.3) is 0 Å². The summed E-state index contributed by atoms with van der Waals surface area (Å²) >= 11 is 0. The van der Waals surface area contributed by atoms with Crippen LogP contribution in [0.4, 0.5) is 0 Å². The van der Waals surface area contributed by atoms with Crippen LogP contribution in [-0.4, -0.2) is 36.0 Å². The molecule has 0 spiro atoms. The molecule has 0 aromatic rings. The molecule has 1 fully saturated rings. The van der Waals surface area contributed by atoms with Gasteiger partial charge in [0.15, 0.2) is 0 Å². The molecule has 0 bridgehead atoms. The van der Waals surface area contributed by atoms with Gasteiger partial charge in [0.2, 0.25) is 0 Å². The molecular formula is C13H27NO2. The molecule has 1 aliphatic carbocycles. The first-order valence-corrected chi connectivity index (χ1v) is 6.60. The first-order valence-electron chi connectivity index (χ1n) is 6.60. The van der Waals surface area contributed by atoms with Crippen molar-refractivity contribution in [3.05, 3.63) is 0 Å². The van der Waals surface area contributed by atoms with E-state index in [-0.39, 0.29) is 12.0 Å². The van der Waals surface area contributed by atoms with E-state index in [9.17, 15) is 10.2 Å². The van der Waals surface area contributed by atoms with Crippen molar-refractivity contribution < 1.29 is 10.2 Å². The molecule has 1 rings (SSSR count). The Hall–Kier alpha value is -0.120. The van der Waals surface area contributed by atoms with Crippen LogP contribution < -0.4 is 5.32 Å². The fourth-order valence-electron chi connectivity index (χ4n) is 2.37. The first-order chi connectivity index (χ1) is 7.65. The first kappa shape index (κ1) is 13.9. The predicted molar refractivity (Wildman–Crippen MR) is 66.3 cm³/mol. The van der Waals surface area contributed by atoms with Gasteiger partial charge in [-0.05, 0) is 25.2 Å². The van der Waals surface area contributed by atoms with E-state index in [2.05, 4.69) is 19.2 Å². The van der Waals surface area contributed by atoms with E-state index >= 15 is 0 Å². The highest BCUT2D eigenvalue weighted by Gasteiger charge is 2.27. The zero-order valence-corrected chi connectivity index (χ0v) is 10.7. The summed E-state index contributed by atoms with van der Waals surface area (Å²) in [6.07, 6.45) is 5.78. The molecule has 0 saturated heterocycles. The third-order valence-corrected chi connectivity index (χ3v) is 4.17. The van der Waals surface area contributed by atoms with Crippen LogP contribution in [0.3, 0.4) is 0 Å². The normalized spacial score (nSPS) is 30.0. The van der Waals surface area contributed by atoms with Crippen molar-refractivity contribution in [2.75, 3.05) is 19.8 Å². The summed E-state index contributed by atoms with van der Waals surface area (Å²) in [5.74, 6) is 0.411. The van der Waals surface area contributed by atoms with Crippen molar-refractivity contribution in [3.63, 3.8) is 0 Å². The third-order valence-electron chi connectivity index (χ3n) is 4.17. The molecule has 1 saturated carbocycles. The second kappa shape index (κ2) is 6.58. The van der Waals surface area contributed by atoms with Gasteiger partial charge >= 0.3 is 0 Å². The zero-order valence-electron chi connectivity index (χ0n) is 10.7. The minimum absolute atomic E-state index is 0.0164. The monoisotopic (exact) mass is 229 g/mol. The van der Waals surface area contributed by atoms with Crippen molar-refractivity contribution in [2.24, 2.45) is 11.3 Å². The standard InChI is InChI=1S/C13H27NO2/c1-3-13(2,10-16)9-14-12-7-5-4-6-11(12)8-15/h11-12,14-16H,3-10H2,1-2H3. The summed E-state index contributed by atoms with van der Waals surface area (Å²) in [6.45, 7) is 5.59. The third kappa shape index (κ3) is 3.72. The second-order valence-corrected chi connectivity index (χ2v) is 5.54. The molecule has 3 heteroatoms. The Bertz CT molecular complexity index is 192. The minimum atomic E-state index is -0.0164. The van der Waals surface area contributed by atoms with Gasteiger partial charge in [-0.1, -0.05) is 26.7 Å². The summed E-state index contributed by atoms with van der Waals surface area (Å²) in [7, 11) is 0. The zero-order chi connectivity index (χ0) is 12.0. The molecule has 0 radical (unpaired) electrons. The number of rotatable bonds is 6. The van der Waals surface area contributed by atoms with E-state index in [1.807, 2.05) is 0 Å². The number of hydrogen-bond acceptors (Lipinski definition) is 3. The average Bonchev–Trinajstić information content (AvgIpc) is 2.36. The quantitative estimate of drug-likeness (QED) is 0.647. The molecular weight excluding hydrogens is 202 g/mol. The molecule has 0 aliphatic heterocycles. The highest BCUT2D eigenvalue weighted by atomic mass is 16.3. The Labute approximate surface area is 99.3 Å². The number of aliphatic hydroxyl groups excluding tert-OH is 2. The van der Waals surface area contributed by atoms with Crippen molar-refractivity contribution in [1.29, 1.82) is 0 Å². The Morgan fingerprint density at radius 3 is 2.50 bits per heavy atom. The van der Waals surface area contributed by atoms with Gasteiger partial charge in [0.05, 0.1) is 0 Å². The maximum Gasteiger partial charge on any atom is 0.0496 e. The van der Waals surface area contributed by atoms with Crippen molar-refractivity contribution >= 4 is 0 Å². The molecule has 3 atom stereocenters. The highest BCUT2D eigenvalue weighted by molar-refractivity contribution is 4.84. The summed E-state index contributed by atoms with van der Waals surface area (Å²) in [6, 6.07) is 0.441. The van der Waals surface area contributed by atoms with Crippen LogP contribution in [-0.2, 0) is 0 Å². The molecule has 0 aromatic carbocycles. The van der Waals surface area contributed by atoms with E-state index in [1.165, 1.54) is 12.8 Å². The topological polar surface area (TPSA) is 52.5 Å². The lowest BCUT2D eigenvalue weighted by atomic mass is 9.83. The molecule has 0 aromatic heterocycles. The maximum absolute atomic E-state index is 9.35. The highest BCUT2D eigenvalue weighted by Crippen LogP contribution is 2.26. The number of aliphatic hydroxyl groups is 2. The van der Waals surface area contributed by atoms with Gasteiger partial charge < -0.3 is 15.5 Å². The Balaban J connectivity index is 2.40. The van der Waals surface area contributed by atoms with Crippen LogP contribution >= 0.6 is 0 Å². The van der Waals surface area contributed by atoms with Gasteiger partial charge in [0, 0.05) is 31.2 Å². The fraction of sp³-hybridized carbons (Fsp3) is 1.00. The van der Waals surface area contributed by atoms with Gasteiger partial charge in [-0.2, -0.15) is 0 Å². The van der Waals surface area contributed by atoms with E-state index in [0.717, 1.165) is 25.8 Å². The molecule has 3 nitrogen and oxygen atoms in total. The Morgan fingerprint density at radius 2 is 1.94 bits per heavy atom. The lowest BCUT2D eigenvalue weighted by Crippen LogP contribution is -2.45. The molecule has 16 heavy (non-hydrogen) atoms. The van der Waals surface area contributed by atoms with Gasteiger partial charge in [-0.15, -0.1) is 0 Å². The molecule has 3 N–H and O–H groups in total. The molecule has 0 heterocycles. The van der Waals surface area contributed by atoms with Gasteiger partial charge in [-0.25, -0.2) is 0 Å². The van der Waals surface area contributed by atoms with E-state index in [4.69, 9.17) is 0 Å². The van der Waals surface area contributed by atoms with Crippen LogP contribution in [0.15, 0.2) is 0 Å². The van der Waals surface area contributed by atoms with Crippen LogP contribution in [0.2, 0.25) is 0 Å². The van der Waals surface area contributed by atoms with Crippen molar-refractivity contribution in [3.8, 4) is 0 Å². The van der Waals surface area contributed by atoms with Crippen molar-refractivity contribution in [1.82, 2.24) is 5.32 Å². The summed E-state index contributed by atoms with van der Waals surface area (Å²) in [5.41, 5.74) is -0.0164. The van der Waals surface area contributed by atoms with Crippen molar-refractivity contribution in [2.45, 2.75) is 52.0 Å². The summed E-state index contributed by atoms with van der Waals surface area (Å²) in [4.78, 5) is 0. The predicted octanol–water partition coefficient (Wildman–Crippen LogP) is 1.54. The summed E-state index contributed by atoms with van der Waals surface area (Å²) < 4.78 is 0. The lowest BCUT2D eigenvalue weighted by Gasteiger charge is -2.35. The molecule has 3 unspecified atom stereocenters. The Morgan fingerprint density at radius 1 is 1.25 bits per heavy atom. The smallest absolute Gasteiger partial charge is 0.0496 e. The SMILES string of the molecule is CCC(C)(CO)CNC1CCCCC1CO. The van der Waals surface area contributed by atoms with Crippen LogP contribution in [0.1, 0.15) is 46.0 Å². The van der Waals surface area contributed by atoms with Gasteiger partial charge in [-0.3, -0.25) is 0 Å². The minimum Gasteiger partial charge on any atom is -0.396 e. The van der Waals surface area contributed by atoms with E-state index in [1.54, 1.807) is 0 Å². The van der Waals surface area contributed by atoms with Crippen LogP contribution in [0, 0.1) is 11.3 Å². The lowest BCUT2D eigenvalue weighted by molar-refractivity contribution is 0.109. The van der Waals surface area contributed by atoms with Gasteiger partial charge in [0.1, 0.15) is 0 Å². The summed E-state index contributed by atoms with van der Waals surface area (Å²) in [5, 5.41) is 22.2. The average molecular weight is 229 g/mol. The van der Waals surface area contributed by atoms with Crippen LogP contribution in [0.25, 0.3) is 0 Å². The molecule has 1 aliphatic rings. The Kier molecular flexibility index (Phi) is 5.73. The fourth-order valence-corrected chi connectivity index (χ4v) is 2.37. The maximum atomic E-state index is 9.35. The largest absolute Gasteiger partial charge is 0.396 e. The molecule has 0 amide bonds. The van der Waals surface area contributed by atoms with Crippen LogP contribution in [0.5, 0.6) is 0 Å². The number of nitrogens with one attached hydrogen (secondary N) is 1. The number of hydrogen-bond donors (Lipinski definition) is 3. The van der Waals surface area contributed by atoms with E-state index < -0.39 is 0 Å². The second-order valence-electron chi connectivity index (χ2n) is 5.54. The molecule has 96 valence electrons.